The molecule has 0 saturated heterocycles. The standard InChI is InChI=1S/C18H26N2OS/c1-2-22-17-5-3-4-16(17)20-18(21)15-7-6-13-8-10-19-11-9-14(13)12-15/h6-7,12,16-17,19H,2-5,8-11H2,1H3,(H,20,21). The zero-order valence-corrected chi connectivity index (χ0v) is 14.2. The molecule has 120 valence electrons. The third kappa shape index (κ3) is 3.66. The van der Waals surface area contributed by atoms with Crippen molar-refractivity contribution in [2.75, 3.05) is 18.8 Å². The van der Waals surface area contributed by atoms with E-state index in [0.29, 0.717) is 11.3 Å². The summed E-state index contributed by atoms with van der Waals surface area (Å²) in [5.74, 6) is 1.23. The van der Waals surface area contributed by atoms with Gasteiger partial charge in [-0.25, -0.2) is 0 Å². The Morgan fingerprint density at radius 1 is 1.27 bits per heavy atom. The van der Waals surface area contributed by atoms with E-state index < -0.39 is 0 Å². The van der Waals surface area contributed by atoms with E-state index >= 15 is 0 Å². The van der Waals surface area contributed by atoms with Crippen LogP contribution in [0.4, 0.5) is 0 Å². The molecule has 0 radical (unpaired) electrons. The van der Waals surface area contributed by atoms with E-state index in [9.17, 15) is 4.79 Å². The van der Waals surface area contributed by atoms with Crippen molar-refractivity contribution in [1.82, 2.24) is 10.6 Å². The number of carbonyl (C=O) groups excluding carboxylic acids is 1. The fourth-order valence-electron chi connectivity index (χ4n) is 3.57. The van der Waals surface area contributed by atoms with Crippen LogP contribution < -0.4 is 10.6 Å². The molecule has 2 atom stereocenters. The lowest BCUT2D eigenvalue weighted by Gasteiger charge is -2.20. The molecule has 0 spiro atoms. The van der Waals surface area contributed by atoms with Gasteiger partial charge >= 0.3 is 0 Å². The van der Waals surface area contributed by atoms with Gasteiger partial charge in [-0.2, -0.15) is 11.8 Å². The predicted molar refractivity (Wildman–Crippen MR) is 93.7 cm³/mol. The summed E-state index contributed by atoms with van der Waals surface area (Å²) in [5, 5.41) is 7.29. The average molecular weight is 318 g/mol. The maximum absolute atomic E-state index is 12.6. The highest BCUT2D eigenvalue weighted by molar-refractivity contribution is 7.99. The summed E-state index contributed by atoms with van der Waals surface area (Å²) in [7, 11) is 0. The number of carbonyl (C=O) groups is 1. The normalized spacial score (nSPS) is 24.6. The molecule has 1 fully saturated rings. The van der Waals surface area contributed by atoms with Crippen LogP contribution in [-0.2, 0) is 12.8 Å². The first-order valence-corrected chi connectivity index (χ1v) is 9.58. The van der Waals surface area contributed by atoms with Crippen molar-refractivity contribution in [3.05, 3.63) is 34.9 Å². The Morgan fingerprint density at radius 3 is 2.91 bits per heavy atom. The minimum Gasteiger partial charge on any atom is -0.348 e. The molecule has 0 aromatic heterocycles. The van der Waals surface area contributed by atoms with E-state index in [2.05, 4.69) is 29.7 Å². The van der Waals surface area contributed by atoms with Gasteiger partial charge in [0.15, 0.2) is 0 Å². The monoisotopic (exact) mass is 318 g/mol. The quantitative estimate of drug-likeness (QED) is 0.897. The number of hydrogen-bond acceptors (Lipinski definition) is 3. The zero-order valence-electron chi connectivity index (χ0n) is 13.4. The Hall–Kier alpha value is -1.00. The van der Waals surface area contributed by atoms with Crippen molar-refractivity contribution >= 4 is 17.7 Å². The van der Waals surface area contributed by atoms with Gasteiger partial charge in [0.25, 0.3) is 5.91 Å². The summed E-state index contributed by atoms with van der Waals surface area (Å²) in [4.78, 5) is 12.6. The highest BCUT2D eigenvalue weighted by atomic mass is 32.2. The van der Waals surface area contributed by atoms with Crippen LogP contribution in [0.15, 0.2) is 18.2 Å². The van der Waals surface area contributed by atoms with Gasteiger partial charge < -0.3 is 10.6 Å². The van der Waals surface area contributed by atoms with E-state index in [1.54, 1.807) is 0 Å². The van der Waals surface area contributed by atoms with Gasteiger partial charge in [-0.05, 0) is 67.8 Å². The molecule has 2 unspecified atom stereocenters. The van der Waals surface area contributed by atoms with E-state index in [0.717, 1.165) is 43.7 Å². The van der Waals surface area contributed by atoms with Crippen LogP contribution in [0.3, 0.4) is 0 Å². The number of thioether (sulfide) groups is 1. The molecule has 22 heavy (non-hydrogen) atoms. The minimum atomic E-state index is 0.105. The van der Waals surface area contributed by atoms with Crippen LogP contribution in [-0.4, -0.2) is 36.0 Å². The fourth-order valence-corrected chi connectivity index (χ4v) is 4.77. The third-order valence-electron chi connectivity index (χ3n) is 4.76. The molecule has 2 aliphatic rings. The van der Waals surface area contributed by atoms with Gasteiger partial charge in [0.1, 0.15) is 0 Å². The molecule has 1 aromatic rings. The molecule has 3 rings (SSSR count). The Kier molecular flexibility index (Phi) is 5.42. The molecule has 1 aliphatic carbocycles. The molecule has 1 amide bonds. The minimum absolute atomic E-state index is 0.105. The summed E-state index contributed by atoms with van der Waals surface area (Å²) >= 11 is 1.99. The maximum Gasteiger partial charge on any atom is 0.251 e. The largest absolute Gasteiger partial charge is 0.348 e. The van der Waals surface area contributed by atoms with E-state index in [1.165, 1.54) is 24.0 Å². The molecule has 4 heteroatoms. The highest BCUT2D eigenvalue weighted by Crippen LogP contribution is 2.30. The van der Waals surface area contributed by atoms with E-state index in [1.807, 2.05) is 17.8 Å². The number of hydrogen-bond donors (Lipinski definition) is 2. The number of benzene rings is 1. The fraction of sp³-hybridized carbons (Fsp3) is 0.611. The molecule has 0 bridgehead atoms. The van der Waals surface area contributed by atoms with Crippen molar-refractivity contribution in [2.45, 2.75) is 50.3 Å². The summed E-state index contributed by atoms with van der Waals surface area (Å²) in [6.45, 7) is 4.24. The van der Waals surface area contributed by atoms with Gasteiger partial charge in [-0.3, -0.25) is 4.79 Å². The third-order valence-corrected chi connectivity index (χ3v) is 6.09. The van der Waals surface area contributed by atoms with Crippen LogP contribution in [0.25, 0.3) is 0 Å². The molecule has 3 nitrogen and oxygen atoms in total. The first-order chi connectivity index (χ1) is 10.8. The van der Waals surface area contributed by atoms with Crippen molar-refractivity contribution in [1.29, 1.82) is 0 Å². The van der Waals surface area contributed by atoms with Crippen LogP contribution in [0, 0.1) is 0 Å². The van der Waals surface area contributed by atoms with Crippen molar-refractivity contribution in [3.63, 3.8) is 0 Å². The predicted octanol–water partition coefficient (Wildman–Crippen LogP) is 2.78. The van der Waals surface area contributed by atoms with Crippen LogP contribution in [0.5, 0.6) is 0 Å². The first-order valence-electron chi connectivity index (χ1n) is 8.53. The summed E-state index contributed by atoms with van der Waals surface area (Å²) in [6.07, 6.45) is 5.68. The molecular weight excluding hydrogens is 292 g/mol. The molecule has 2 N–H and O–H groups in total. The molecule has 1 aliphatic heterocycles. The highest BCUT2D eigenvalue weighted by Gasteiger charge is 2.28. The number of amides is 1. The van der Waals surface area contributed by atoms with Crippen molar-refractivity contribution in [2.24, 2.45) is 0 Å². The summed E-state index contributed by atoms with van der Waals surface area (Å²) in [5.41, 5.74) is 3.55. The zero-order chi connectivity index (χ0) is 15.4. The van der Waals surface area contributed by atoms with Gasteiger partial charge in [-0.15, -0.1) is 0 Å². The van der Waals surface area contributed by atoms with Gasteiger partial charge in [0.2, 0.25) is 0 Å². The summed E-state index contributed by atoms with van der Waals surface area (Å²) in [6, 6.07) is 6.59. The second kappa shape index (κ2) is 7.51. The van der Waals surface area contributed by atoms with Gasteiger partial charge in [0, 0.05) is 16.9 Å². The Balaban J connectivity index is 1.68. The Bertz CT molecular complexity index is 532. The first kappa shape index (κ1) is 15.9. The average Bonchev–Trinajstić information content (AvgIpc) is 2.82. The van der Waals surface area contributed by atoms with Crippen LogP contribution in [0.1, 0.15) is 47.7 Å². The second-order valence-corrected chi connectivity index (χ2v) is 7.75. The van der Waals surface area contributed by atoms with Crippen LogP contribution in [0.2, 0.25) is 0 Å². The molecule has 1 heterocycles. The second-order valence-electron chi connectivity index (χ2n) is 6.24. The lowest BCUT2D eigenvalue weighted by molar-refractivity contribution is 0.0938. The SMILES string of the molecule is CCSC1CCCC1NC(=O)c1ccc2c(c1)CCNCC2. The lowest BCUT2D eigenvalue weighted by Crippen LogP contribution is -2.38. The molecular formula is C18H26N2OS. The van der Waals surface area contributed by atoms with Crippen molar-refractivity contribution < 1.29 is 4.79 Å². The molecule has 1 saturated carbocycles. The van der Waals surface area contributed by atoms with E-state index in [-0.39, 0.29) is 5.91 Å². The Morgan fingerprint density at radius 2 is 2.09 bits per heavy atom. The van der Waals surface area contributed by atoms with Crippen molar-refractivity contribution in [3.8, 4) is 0 Å². The lowest BCUT2D eigenvalue weighted by atomic mass is 9.99. The Labute approximate surface area is 137 Å². The van der Waals surface area contributed by atoms with Crippen LogP contribution >= 0.6 is 11.8 Å². The van der Waals surface area contributed by atoms with E-state index in [4.69, 9.17) is 0 Å². The van der Waals surface area contributed by atoms with Gasteiger partial charge in [0.05, 0.1) is 0 Å². The van der Waals surface area contributed by atoms with Gasteiger partial charge in [-0.1, -0.05) is 19.4 Å². The molecule has 1 aromatic carbocycles. The summed E-state index contributed by atoms with van der Waals surface area (Å²) < 4.78 is 0. The number of fused-ring (bicyclic) bond motifs is 1. The topological polar surface area (TPSA) is 41.1 Å². The smallest absolute Gasteiger partial charge is 0.251 e. The number of rotatable bonds is 4. The number of nitrogens with one attached hydrogen (secondary N) is 2. The maximum atomic E-state index is 12.6.